The number of sulfonamides is 1. The Morgan fingerprint density at radius 2 is 1.90 bits per heavy atom. The highest BCUT2D eigenvalue weighted by atomic mass is 35.5. The summed E-state index contributed by atoms with van der Waals surface area (Å²) in [6.07, 6.45) is 1.66. The van der Waals surface area contributed by atoms with Gasteiger partial charge in [0.25, 0.3) is 5.91 Å². The van der Waals surface area contributed by atoms with E-state index in [1.54, 1.807) is 0 Å². The lowest BCUT2D eigenvalue weighted by atomic mass is 10.2. The number of aryl methyl sites for hydroxylation is 1. The Morgan fingerprint density at radius 3 is 2.63 bits per heavy atom. The Morgan fingerprint density at radius 1 is 1.17 bits per heavy atom. The summed E-state index contributed by atoms with van der Waals surface area (Å²) in [6, 6.07) is 12.1. The minimum absolute atomic E-state index is 0.0282. The lowest BCUT2D eigenvalue weighted by molar-refractivity contribution is 0.0949. The highest BCUT2D eigenvalue weighted by Crippen LogP contribution is 2.28. The topological polar surface area (TPSA) is 84.3 Å². The van der Waals surface area contributed by atoms with Crippen LogP contribution in [0.3, 0.4) is 0 Å². The molecule has 158 valence electrons. The van der Waals surface area contributed by atoms with E-state index >= 15 is 0 Å². The maximum absolute atomic E-state index is 12.9. The molecule has 0 aliphatic carbocycles. The number of amides is 1. The first-order valence-corrected chi connectivity index (χ1v) is 11.8. The second-order valence-corrected chi connectivity index (χ2v) is 9.51. The summed E-state index contributed by atoms with van der Waals surface area (Å²) in [5.41, 5.74) is 2.13. The standard InChI is InChI=1S/C21H23ClN4O3S/c1-2-26-18-8-4-3-7-17(18)24-20(26)14-23-21(27)15-9-10-16(22)19(13-15)30(28,29)25-11-5-6-12-25/h3-4,7-10,13H,2,5-6,11-12,14H2,1H3,(H,23,27). The third-order valence-corrected chi connectivity index (χ3v) is 7.71. The van der Waals surface area contributed by atoms with Gasteiger partial charge in [0.2, 0.25) is 10.0 Å². The fourth-order valence-electron chi connectivity index (χ4n) is 3.78. The molecule has 0 saturated carbocycles. The molecule has 7 nitrogen and oxygen atoms in total. The molecule has 1 amide bonds. The van der Waals surface area contributed by atoms with Gasteiger partial charge in [-0.1, -0.05) is 23.7 Å². The zero-order chi connectivity index (χ0) is 21.3. The van der Waals surface area contributed by atoms with Crippen molar-refractivity contribution in [2.24, 2.45) is 0 Å². The van der Waals surface area contributed by atoms with Gasteiger partial charge in [0.15, 0.2) is 0 Å². The van der Waals surface area contributed by atoms with Crippen molar-refractivity contribution in [3.63, 3.8) is 0 Å². The zero-order valence-electron chi connectivity index (χ0n) is 16.6. The van der Waals surface area contributed by atoms with Crippen LogP contribution < -0.4 is 5.32 Å². The lowest BCUT2D eigenvalue weighted by Crippen LogP contribution is -2.29. The third-order valence-electron chi connectivity index (χ3n) is 5.33. The van der Waals surface area contributed by atoms with Gasteiger partial charge in [0.1, 0.15) is 10.7 Å². The summed E-state index contributed by atoms with van der Waals surface area (Å²) >= 11 is 6.17. The van der Waals surface area contributed by atoms with Gasteiger partial charge in [0, 0.05) is 25.2 Å². The summed E-state index contributed by atoms with van der Waals surface area (Å²) in [6.45, 7) is 3.93. The number of imidazole rings is 1. The molecule has 2 heterocycles. The molecule has 1 aromatic heterocycles. The summed E-state index contributed by atoms with van der Waals surface area (Å²) < 4.78 is 29.2. The molecule has 0 bridgehead atoms. The number of hydrogen-bond acceptors (Lipinski definition) is 4. The summed E-state index contributed by atoms with van der Waals surface area (Å²) in [5, 5.41) is 2.96. The van der Waals surface area contributed by atoms with Crippen molar-refractivity contribution < 1.29 is 13.2 Å². The van der Waals surface area contributed by atoms with E-state index in [4.69, 9.17) is 11.6 Å². The van der Waals surface area contributed by atoms with E-state index in [1.165, 1.54) is 22.5 Å². The molecule has 9 heteroatoms. The Balaban J connectivity index is 1.56. The van der Waals surface area contributed by atoms with Crippen LogP contribution in [0.2, 0.25) is 5.02 Å². The van der Waals surface area contributed by atoms with Crippen LogP contribution in [0, 0.1) is 0 Å². The van der Waals surface area contributed by atoms with Gasteiger partial charge in [-0.3, -0.25) is 4.79 Å². The van der Waals surface area contributed by atoms with Crippen LogP contribution in [0.5, 0.6) is 0 Å². The Hall–Kier alpha value is -2.42. The van der Waals surface area contributed by atoms with Crippen LogP contribution in [-0.2, 0) is 23.1 Å². The summed E-state index contributed by atoms with van der Waals surface area (Å²) in [7, 11) is -3.72. The van der Waals surface area contributed by atoms with Gasteiger partial charge in [0.05, 0.1) is 22.6 Å². The van der Waals surface area contributed by atoms with Crippen molar-refractivity contribution in [2.75, 3.05) is 13.1 Å². The molecule has 1 fully saturated rings. The molecular weight excluding hydrogens is 424 g/mol. The van der Waals surface area contributed by atoms with Crippen LogP contribution in [0.1, 0.15) is 35.9 Å². The zero-order valence-corrected chi connectivity index (χ0v) is 18.2. The molecule has 1 saturated heterocycles. The highest BCUT2D eigenvalue weighted by molar-refractivity contribution is 7.89. The third kappa shape index (κ3) is 3.82. The number of nitrogens with one attached hydrogen (secondary N) is 1. The number of rotatable bonds is 6. The van der Waals surface area contributed by atoms with Crippen LogP contribution in [0.15, 0.2) is 47.4 Å². The molecule has 4 rings (SSSR count). The number of fused-ring (bicyclic) bond motifs is 1. The first-order valence-electron chi connectivity index (χ1n) is 9.94. The number of para-hydroxylation sites is 2. The van der Waals surface area contributed by atoms with Crippen molar-refractivity contribution in [3.8, 4) is 0 Å². The Labute approximate surface area is 180 Å². The number of halogens is 1. The molecule has 0 spiro atoms. The molecule has 0 unspecified atom stereocenters. The van der Waals surface area contributed by atoms with E-state index in [-0.39, 0.29) is 27.9 Å². The average Bonchev–Trinajstić information content (AvgIpc) is 3.40. The Bertz CT molecular complexity index is 1200. The maximum atomic E-state index is 12.9. The van der Waals surface area contributed by atoms with Crippen molar-refractivity contribution in [2.45, 2.75) is 37.8 Å². The first kappa shape index (κ1) is 20.8. The van der Waals surface area contributed by atoms with E-state index in [0.29, 0.717) is 13.1 Å². The predicted molar refractivity (Wildman–Crippen MR) is 116 cm³/mol. The summed E-state index contributed by atoms with van der Waals surface area (Å²) in [4.78, 5) is 17.3. The molecule has 1 aliphatic heterocycles. The van der Waals surface area contributed by atoms with Gasteiger partial charge in [-0.2, -0.15) is 4.31 Å². The second-order valence-electron chi connectivity index (χ2n) is 7.20. The molecule has 3 aromatic rings. The van der Waals surface area contributed by atoms with E-state index in [2.05, 4.69) is 10.3 Å². The monoisotopic (exact) mass is 446 g/mol. The van der Waals surface area contributed by atoms with Crippen LogP contribution >= 0.6 is 11.6 Å². The van der Waals surface area contributed by atoms with Gasteiger partial charge < -0.3 is 9.88 Å². The fourth-order valence-corrected chi connectivity index (χ4v) is 5.80. The maximum Gasteiger partial charge on any atom is 0.251 e. The van der Waals surface area contributed by atoms with Gasteiger partial charge in [-0.15, -0.1) is 0 Å². The largest absolute Gasteiger partial charge is 0.345 e. The number of aromatic nitrogens is 2. The van der Waals surface area contributed by atoms with E-state index in [9.17, 15) is 13.2 Å². The molecule has 1 N–H and O–H groups in total. The molecule has 2 aromatic carbocycles. The van der Waals surface area contributed by atoms with Crippen LogP contribution in [0.4, 0.5) is 0 Å². The number of carbonyl (C=O) groups is 1. The second kappa shape index (κ2) is 8.37. The molecule has 0 radical (unpaired) electrons. The van der Waals surface area contributed by atoms with E-state index in [1.807, 2.05) is 35.8 Å². The van der Waals surface area contributed by atoms with Gasteiger partial charge in [-0.05, 0) is 50.1 Å². The predicted octanol–water partition coefficient (Wildman–Crippen LogP) is 3.42. The van der Waals surface area contributed by atoms with Crippen molar-refractivity contribution in [1.82, 2.24) is 19.2 Å². The lowest BCUT2D eigenvalue weighted by Gasteiger charge is -2.17. The van der Waals surface area contributed by atoms with E-state index < -0.39 is 10.0 Å². The smallest absolute Gasteiger partial charge is 0.251 e. The minimum atomic E-state index is -3.72. The van der Waals surface area contributed by atoms with Gasteiger partial charge in [-0.25, -0.2) is 13.4 Å². The minimum Gasteiger partial charge on any atom is -0.345 e. The van der Waals surface area contributed by atoms with Crippen molar-refractivity contribution in [3.05, 3.63) is 58.9 Å². The van der Waals surface area contributed by atoms with E-state index in [0.717, 1.165) is 36.2 Å². The number of benzene rings is 2. The van der Waals surface area contributed by atoms with Crippen molar-refractivity contribution >= 4 is 38.6 Å². The van der Waals surface area contributed by atoms with Crippen LogP contribution in [0.25, 0.3) is 11.0 Å². The number of carbonyl (C=O) groups excluding carboxylic acids is 1. The molecular formula is C21H23ClN4O3S. The van der Waals surface area contributed by atoms with Gasteiger partial charge >= 0.3 is 0 Å². The van der Waals surface area contributed by atoms with Crippen LogP contribution in [-0.4, -0.2) is 41.3 Å². The number of nitrogens with zero attached hydrogens (tertiary/aromatic N) is 3. The molecule has 30 heavy (non-hydrogen) atoms. The highest BCUT2D eigenvalue weighted by Gasteiger charge is 2.29. The SMILES string of the molecule is CCn1c(CNC(=O)c2ccc(Cl)c(S(=O)(=O)N3CCCC3)c2)nc2ccccc21. The quantitative estimate of drug-likeness (QED) is 0.628. The summed E-state index contributed by atoms with van der Waals surface area (Å²) in [5.74, 6) is 0.366. The average molecular weight is 447 g/mol. The van der Waals surface area contributed by atoms with Crippen molar-refractivity contribution in [1.29, 1.82) is 0 Å². The normalized spacial score (nSPS) is 15.0. The molecule has 0 atom stereocenters. The fraction of sp³-hybridized carbons (Fsp3) is 0.333. The number of hydrogen-bond donors (Lipinski definition) is 1. The Kier molecular flexibility index (Phi) is 5.81. The molecule has 1 aliphatic rings. The first-order chi connectivity index (χ1) is 14.4.